The molecule has 0 bridgehead atoms. The number of rotatable bonds is 8. The number of fused-ring (bicyclic) bond motifs is 1. The molecule has 1 amide bonds. The fraction of sp³-hybridized carbons (Fsp3) is 0.360. The first-order valence-electron chi connectivity index (χ1n) is 11.5. The lowest BCUT2D eigenvalue weighted by molar-refractivity contribution is 0.0976. The van der Waals surface area contributed by atoms with Crippen LogP contribution in [0, 0.1) is 0 Å². The monoisotopic (exact) mass is 482 g/mol. The number of hydrogen-bond acceptors (Lipinski definition) is 5. The van der Waals surface area contributed by atoms with Crippen molar-refractivity contribution in [2.75, 3.05) is 24.0 Å². The van der Waals surface area contributed by atoms with Crippen molar-refractivity contribution in [2.24, 2.45) is 0 Å². The standard InChI is InChI=1S/C25H30N4O4S/c1-2-33-25(30)28-15-12-21(13-16-28)29(34(31)32)24-11-10-19(22-8-3-4-9-23(22)24)17-26-18-20-7-5-6-14-27-20/h3-11,14,21,26H,2,12-13,15-18H2,1H3,(H,31,32). The Kier molecular flexibility index (Phi) is 8.10. The van der Waals surface area contributed by atoms with Crippen LogP contribution in [0.2, 0.25) is 0 Å². The van der Waals surface area contributed by atoms with Gasteiger partial charge in [0.15, 0.2) is 0 Å². The first kappa shape index (κ1) is 24.1. The number of ether oxygens (including phenoxy) is 1. The van der Waals surface area contributed by atoms with Crippen LogP contribution in [-0.4, -0.2) is 50.5 Å². The van der Waals surface area contributed by atoms with Crippen LogP contribution in [0.15, 0.2) is 60.8 Å². The molecule has 0 saturated carbocycles. The molecule has 0 spiro atoms. The average Bonchev–Trinajstić information content (AvgIpc) is 2.86. The van der Waals surface area contributed by atoms with Crippen molar-refractivity contribution in [3.8, 4) is 0 Å². The molecule has 4 rings (SSSR count). The summed E-state index contributed by atoms with van der Waals surface area (Å²) >= 11 is -2.20. The Bertz CT molecular complexity index is 1140. The van der Waals surface area contributed by atoms with E-state index in [0.717, 1.165) is 27.7 Å². The van der Waals surface area contributed by atoms with Gasteiger partial charge < -0.3 is 15.0 Å². The zero-order valence-corrected chi connectivity index (χ0v) is 20.0. The topological polar surface area (TPSA) is 95.0 Å². The molecule has 180 valence electrons. The highest BCUT2D eigenvalue weighted by molar-refractivity contribution is 7.80. The second-order valence-electron chi connectivity index (χ2n) is 8.19. The van der Waals surface area contributed by atoms with E-state index in [9.17, 15) is 13.6 Å². The van der Waals surface area contributed by atoms with Crippen molar-refractivity contribution < 1.29 is 18.3 Å². The summed E-state index contributed by atoms with van der Waals surface area (Å²) in [6, 6.07) is 17.6. The van der Waals surface area contributed by atoms with E-state index in [0.29, 0.717) is 45.6 Å². The predicted octanol–water partition coefficient (Wildman–Crippen LogP) is 4.09. The number of nitrogens with one attached hydrogen (secondary N) is 1. The summed E-state index contributed by atoms with van der Waals surface area (Å²) in [5.41, 5.74) is 2.80. The lowest BCUT2D eigenvalue weighted by Crippen LogP contribution is -2.47. The van der Waals surface area contributed by atoms with Crippen molar-refractivity contribution >= 4 is 33.8 Å². The summed E-state index contributed by atoms with van der Waals surface area (Å²) in [6.45, 7) is 4.40. The fourth-order valence-electron chi connectivity index (χ4n) is 4.43. The molecular weight excluding hydrogens is 452 g/mol. The van der Waals surface area contributed by atoms with Gasteiger partial charge in [0.25, 0.3) is 11.3 Å². The molecular formula is C25H30N4O4S. The van der Waals surface area contributed by atoms with E-state index < -0.39 is 11.3 Å². The number of aromatic nitrogens is 1. The van der Waals surface area contributed by atoms with Crippen LogP contribution >= 0.6 is 0 Å². The van der Waals surface area contributed by atoms with Crippen molar-refractivity contribution in [3.05, 3.63) is 72.1 Å². The molecule has 1 aliphatic rings. The fourth-order valence-corrected chi connectivity index (χ4v) is 5.22. The van der Waals surface area contributed by atoms with Crippen LogP contribution in [0.4, 0.5) is 10.5 Å². The first-order valence-corrected chi connectivity index (χ1v) is 12.6. The van der Waals surface area contributed by atoms with Gasteiger partial charge in [0, 0.05) is 43.8 Å². The van der Waals surface area contributed by atoms with Gasteiger partial charge >= 0.3 is 6.09 Å². The molecule has 1 aromatic heterocycles. The summed E-state index contributed by atoms with van der Waals surface area (Å²) in [5, 5.41) is 5.40. The van der Waals surface area contributed by atoms with Crippen LogP contribution < -0.4 is 9.62 Å². The summed E-state index contributed by atoms with van der Waals surface area (Å²) in [4.78, 5) is 18.0. The smallest absolute Gasteiger partial charge is 0.409 e. The van der Waals surface area contributed by atoms with Crippen LogP contribution in [0.1, 0.15) is 31.0 Å². The van der Waals surface area contributed by atoms with Crippen LogP contribution in [0.5, 0.6) is 0 Å². The Morgan fingerprint density at radius 1 is 1.12 bits per heavy atom. The molecule has 2 aromatic carbocycles. The summed E-state index contributed by atoms with van der Waals surface area (Å²) in [6.07, 6.45) is 2.63. The Morgan fingerprint density at radius 3 is 2.53 bits per heavy atom. The van der Waals surface area contributed by atoms with E-state index in [-0.39, 0.29) is 12.1 Å². The third-order valence-electron chi connectivity index (χ3n) is 6.07. The Morgan fingerprint density at radius 2 is 1.85 bits per heavy atom. The van der Waals surface area contributed by atoms with E-state index in [1.165, 1.54) is 0 Å². The van der Waals surface area contributed by atoms with Gasteiger partial charge in [-0.3, -0.25) is 13.8 Å². The Labute approximate surface area is 202 Å². The second kappa shape index (κ2) is 11.4. The number of pyridine rings is 1. The third kappa shape index (κ3) is 5.55. The minimum absolute atomic E-state index is 0.159. The zero-order chi connectivity index (χ0) is 23.9. The lowest BCUT2D eigenvalue weighted by atomic mass is 10.00. The van der Waals surface area contributed by atoms with Crippen molar-refractivity contribution in [1.82, 2.24) is 15.2 Å². The maximum atomic E-state index is 12.5. The normalized spacial score (nSPS) is 15.3. The highest BCUT2D eigenvalue weighted by Crippen LogP contribution is 2.34. The highest BCUT2D eigenvalue weighted by atomic mass is 32.2. The van der Waals surface area contributed by atoms with Gasteiger partial charge in [-0.2, -0.15) is 0 Å². The molecule has 1 unspecified atom stereocenters. The second-order valence-corrected chi connectivity index (χ2v) is 9.04. The van der Waals surface area contributed by atoms with Crippen LogP contribution in [0.3, 0.4) is 0 Å². The first-order chi connectivity index (χ1) is 16.6. The Balaban J connectivity index is 1.53. The minimum Gasteiger partial charge on any atom is -0.450 e. The lowest BCUT2D eigenvalue weighted by Gasteiger charge is -2.37. The number of carbonyl (C=O) groups excluding carboxylic acids is 1. The number of nitrogens with zero attached hydrogens (tertiary/aromatic N) is 3. The average molecular weight is 483 g/mol. The largest absolute Gasteiger partial charge is 0.450 e. The number of anilines is 1. The Hall–Kier alpha value is -3.01. The van der Waals surface area contributed by atoms with Gasteiger partial charge in [-0.25, -0.2) is 9.00 Å². The van der Waals surface area contributed by atoms with Gasteiger partial charge in [0.1, 0.15) is 0 Å². The maximum absolute atomic E-state index is 12.5. The molecule has 3 aromatic rings. The van der Waals surface area contributed by atoms with E-state index in [1.807, 2.05) is 54.6 Å². The van der Waals surface area contributed by atoms with Gasteiger partial charge in [-0.1, -0.05) is 36.4 Å². The zero-order valence-electron chi connectivity index (χ0n) is 19.2. The minimum atomic E-state index is -2.20. The van der Waals surface area contributed by atoms with Crippen molar-refractivity contribution in [1.29, 1.82) is 0 Å². The number of carbonyl (C=O) groups is 1. The predicted molar refractivity (Wildman–Crippen MR) is 134 cm³/mol. The molecule has 1 atom stereocenters. The molecule has 9 heteroatoms. The van der Waals surface area contributed by atoms with E-state index in [4.69, 9.17) is 4.74 Å². The quantitative estimate of drug-likeness (QED) is 0.470. The molecule has 0 radical (unpaired) electrons. The number of hydrogen-bond donors (Lipinski definition) is 2. The van der Waals surface area contributed by atoms with E-state index in [2.05, 4.69) is 10.3 Å². The highest BCUT2D eigenvalue weighted by Gasteiger charge is 2.31. The molecule has 1 aliphatic heterocycles. The summed E-state index contributed by atoms with van der Waals surface area (Å²) in [5.74, 6) is 0. The van der Waals surface area contributed by atoms with Crippen LogP contribution in [0.25, 0.3) is 10.8 Å². The molecule has 2 heterocycles. The third-order valence-corrected chi connectivity index (χ3v) is 6.90. The molecule has 1 saturated heterocycles. The summed E-state index contributed by atoms with van der Waals surface area (Å²) in [7, 11) is 0. The molecule has 8 nitrogen and oxygen atoms in total. The van der Waals surface area contributed by atoms with Gasteiger partial charge in [-0.15, -0.1) is 0 Å². The number of benzene rings is 2. The molecule has 2 N–H and O–H groups in total. The number of amides is 1. The number of likely N-dealkylation sites (tertiary alicyclic amines) is 1. The summed E-state index contributed by atoms with van der Waals surface area (Å²) < 4.78 is 29.4. The maximum Gasteiger partial charge on any atom is 0.409 e. The van der Waals surface area contributed by atoms with Gasteiger partial charge in [0.05, 0.1) is 18.0 Å². The van der Waals surface area contributed by atoms with E-state index in [1.54, 1.807) is 22.3 Å². The van der Waals surface area contributed by atoms with Gasteiger partial charge in [-0.05, 0) is 48.9 Å². The van der Waals surface area contributed by atoms with Crippen molar-refractivity contribution in [2.45, 2.75) is 38.9 Å². The molecule has 0 aliphatic carbocycles. The van der Waals surface area contributed by atoms with Crippen molar-refractivity contribution in [3.63, 3.8) is 0 Å². The van der Waals surface area contributed by atoms with Crippen LogP contribution in [-0.2, 0) is 29.1 Å². The molecule has 1 fully saturated rings. The SMILES string of the molecule is CCOC(=O)N1CCC(N(c2ccc(CNCc3ccccn3)c3ccccc23)S(=O)O)CC1. The molecule has 34 heavy (non-hydrogen) atoms. The number of piperidine rings is 1. The van der Waals surface area contributed by atoms with E-state index >= 15 is 0 Å². The van der Waals surface area contributed by atoms with Gasteiger partial charge in [0.2, 0.25) is 0 Å².